The van der Waals surface area contributed by atoms with Crippen molar-refractivity contribution in [3.05, 3.63) is 0 Å². The summed E-state index contributed by atoms with van der Waals surface area (Å²) in [4.78, 5) is 0. The van der Waals surface area contributed by atoms with Gasteiger partial charge in [0.15, 0.2) is 0 Å². The van der Waals surface area contributed by atoms with E-state index in [-0.39, 0.29) is 10.7 Å². The Bertz CT molecular complexity index is 24.8. The second kappa shape index (κ2) is 5.20. The maximum atomic E-state index is 9.40. The summed E-state index contributed by atoms with van der Waals surface area (Å²) in [5.74, 6) is 0. The standard InChI is InChI=1S/H2OS4/c1-3-5-4-2/h2-3H. The first-order valence-corrected chi connectivity index (χ1v) is 5.33. The highest BCUT2D eigenvalue weighted by Crippen LogP contribution is 2.22. The first-order valence-electron chi connectivity index (χ1n) is 0.714. The van der Waals surface area contributed by atoms with Crippen molar-refractivity contribution in [3.63, 3.8) is 0 Å². The van der Waals surface area contributed by atoms with Crippen LogP contribution in [0.15, 0.2) is 0 Å². The molecule has 0 saturated heterocycles. The summed E-state index contributed by atoms with van der Waals surface area (Å²) >= 11 is 3.67. The minimum absolute atomic E-state index is 0.0829. The molecule has 0 N–H and O–H groups in total. The molecule has 5 heavy (non-hydrogen) atoms. The lowest BCUT2D eigenvalue weighted by Crippen LogP contribution is -1.31. The zero-order chi connectivity index (χ0) is 4.12. The predicted octanol–water partition coefficient (Wildman–Crippen LogP) is 1.07. The van der Waals surface area contributed by atoms with Crippen molar-refractivity contribution in [3.8, 4) is 0 Å². The van der Waals surface area contributed by atoms with Gasteiger partial charge in [-0.05, 0) is 9.83 Å². The van der Waals surface area contributed by atoms with Gasteiger partial charge in [-0.2, -0.15) is 0 Å². The Labute approximate surface area is 46.4 Å². The van der Waals surface area contributed by atoms with Gasteiger partial charge in [-0.1, -0.05) is 11.7 Å². The SMILES string of the molecule is O=[SH]SSS. The summed E-state index contributed by atoms with van der Waals surface area (Å²) in [6.07, 6.45) is 0. The summed E-state index contributed by atoms with van der Waals surface area (Å²) in [5.41, 5.74) is 0. The van der Waals surface area contributed by atoms with Crippen LogP contribution in [0.1, 0.15) is 0 Å². The Morgan fingerprint density at radius 1 is 1.80 bits per heavy atom. The van der Waals surface area contributed by atoms with Gasteiger partial charge in [0.1, 0.15) is 0 Å². The average molecular weight is 146 g/mol. The maximum absolute atomic E-state index is 9.40. The van der Waals surface area contributed by atoms with Crippen molar-refractivity contribution in [1.82, 2.24) is 0 Å². The Morgan fingerprint density at radius 3 is 2.40 bits per heavy atom. The van der Waals surface area contributed by atoms with E-state index in [0.717, 1.165) is 9.83 Å². The molecule has 0 unspecified atom stereocenters. The molecule has 0 saturated carbocycles. The van der Waals surface area contributed by atoms with Gasteiger partial charge >= 0.3 is 0 Å². The molecule has 0 heterocycles. The molecule has 0 aliphatic carbocycles. The van der Waals surface area contributed by atoms with Crippen molar-refractivity contribution in [2.24, 2.45) is 0 Å². The van der Waals surface area contributed by atoms with Gasteiger partial charge in [0.2, 0.25) is 0 Å². The van der Waals surface area contributed by atoms with Crippen molar-refractivity contribution in [2.45, 2.75) is 0 Å². The van der Waals surface area contributed by atoms with E-state index >= 15 is 0 Å². The molecule has 0 rings (SSSR count). The monoisotopic (exact) mass is 146 g/mol. The highest BCUT2D eigenvalue weighted by Gasteiger charge is 1.67. The van der Waals surface area contributed by atoms with E-state index in [2.05, 4.69) is 11.7 Å². The zero-order valence-electron chi connectivity index (χ0n) is 2.12. The largest absolute Gasteiger partial charge is 0.250 e. The van der Waals surface area contributed by atoms with Gasteiger partial charge in [0.25, 0.3) is 0 Å². The predicted molar refractivity (Wildman–Crippen MR) is 33.7 cm³/mol. The van der Waals surface area contributed by atoms with Gasteiger partial charge in [-0.3, -0.25) is 4.21 Å². The minimum Gasteiger partial charge on any atom is -0.250 e. The van der Waals surface area contributed by atoms with Crippen LogP contribution in [0.5, 0.6) is 0 Å². The van der Waals surface area contributed by atoms with Crippen LogP contribution in [-0.2, 0) is 10.7 Å². The summed E-state index contributed by atoms with van der Waals surface area (Å²) < 4.78 is 9.40. The minimum atomic E-state index is 0.0829. The van der Waals surface area contributed by atoms with E-state index in [0.29, 0.717) is 0 Å². The second-order valence-corrected chi connectivity index (χ2v) is 4.70. The van der Waals surface area contributed by atoms with Crippen molar-refractivity contribution in [2.75, 3.05) is 0 Å². The fraction of sp³-hybridized carbons (Fsp3) is 0. The summed E-state index contributed by atoms with van der Waals surface area (Å²) in [5, 5.41) is 0. The molecule has 0 aromatic rings. The van der Waals surface area contributed by atoms with E-state index in [1.807, 2.05) is 0 Å². The lowest BCUT2D eigenvalue weighted by Gasteiger charge is -1.67. The van der Waals surface area contributed by atoms with Crippen LogP contribution in [0, 0.1) is 0 Å². The molecule has 0 amide bonds. The second-order valence-electron chi connectivity index (χ2n) is 0.224. The van der Waals surface area contributed by atoms with Gasteiger partial charge in [-0.15, -0.1) is 0 Å². The summed E-state index contributed by atoms with van der Waals surface area (Å²) in [6.45, 7) is 0. The van der Waals surface area contributed by atoms with Gasteiger partial charge in [0, 0.05) is 9.83 Å². The number of thiol groups is 2. The van der Waals surface area contributed by atoms with Crippen molar-refractivity contribution in [1.29, 1.82) is 0 Å². The summed E-state index contributed by atoms with van der Waals surface area (Å²) in [6, 6.07) is 0. The van der Waals surface area contributed by atoms with Crippen LogP contribution in [0.2, 0.25) is 0 Å². The first kappa shape index (κ1) is 6.20. The molecule has 0 bridgehead atoms. The molecule has 0 aliphatic heterocycles. The Kier molecular flexibility index (Phi) is 6.45. The first-order chi connectivity index (χ1) is 2.41. The smallest absolute Gasteiger partial charge is 0.0787 e. The molecule has 0 atom stereocenters. The third-order valence-electron chi connectivity index (χ3n) is 0.0638. The normalized spacial score (nSPS) is 8.20. The number of rotatable bonds is 2. The van der Waals surface area contributed by atoms with E-state index < -0.39 is 0 Å². The third kappa shape index (κ3) is 5.20. The number of hydrogen-bond acceptors (Lipinski definition) is 4. The maximum Gasteiger partial charge on any atom is 0.0787 e. The molecule has 0 aromatic carbocycles. The van der Waals surface area contributed by atoms with Crippen LogP contribution < -0.4 is 0 Å². The summed E-state index contributed by atoms with van der Waals surface area (Å²) in [7, 11) is 2.43. The van der Waals surface area contributed by atoms with E-state index in [1.165, 1.54) is 9.83 Å². The molecule has 0 spiro atoms. The van der Waals surface area contributed by atoms with E-state index in [1.54, 1.807) is 0 Å². The Morgan fingerprint density at radius 2 is 2.40 bits per heavy atom. The van der Waals surface area contributed by atoms with Crippen LogP contribution in [0.25, 0.3) is 0 Å². The quantitative estimate of drug-likeness (QED) is 0.448. The Balaban J connectivity index is 2.40. The van der Waals surface area contributed by atoms with Gasteiger partial charge < -0.3 is 0 Å². The molecule has 32 valence electrons. The van der Waals surface area contributed by atoms with Crippen LogP contribution >= 0.6 is 31.3 Å². The van der Waals surface area contributed by atoms with Crippen molar-refractivity contribution < 1.29 is 4.21 Å². The lowest BCUT2D eigenvalue weighted by molar-refractivity contribution is 0.701. The van der Waals surface area contributed by atoms with Gasteiger partial charge in [-0.25, -0.2) is 0 Å². The van der Waals surface area contributed by atoms with Crippen LogP contribution in [0.4, 0.5) is 0 Å². The van der Waals surface area contributed by atoms with E-state index in [9.17, 15) is 4.21 Å². The highest BCUT2D eigenvalue weighted by atomic mass is 33.7. The van der Waals surface area contributed by atoms with Gasteiger partial charge in [0.05, 0.1) is 10.7 Å². The molecule has 0 fully saturated rings. The molecule has 5 heteroatoms. The fourth-order valence-electron chi connectivity index (χ4n) is 0.0136. The van der Waals surface area contributed by atoms with E-state index in [4.69, 9.17) is 0 Å². The van der Waals surface area contributed by atoms with Crippen LogP contribution in [0.3, 0.4) is 0 Å². The third-order valence-corrected chi connectivity index (χ3v) is 3.52. The molecule has 1 nitrogen and oxygen atoms in total. The highest BCUT2D eigenvalue weighted by molar-refractivity contribution is 9.19. The molecular formula is H2OS4. The molecule has 0 aromatic heterocycles. The lowest BCUT2D eigenvalue weighted by atomic mass is 16.0. The fourth-order valence-corrected chi connectivity index (χ4v) is 1.10. The Hall–Kier alpha value is 1.20. The van der Waals surface area contributed by atoms with Crippen LogP contribution in [-0.4, -0.2) is 4.21 Å². The number of hydrogen-bond donors (Lipinski definition) is 2. The van der Waals surface area contributed by atoms with Crippen molar-refractivity contribution >= 4 is 42.0 Å². The molecule has 0 aliphatic rings. The molecular weight excluding hydrogens is 144 g/mol. The zero-order valence-corrected chi connectivity index (χ0v) is 5.54. The molecule has 0 radical (unpaired) electrons. The topological polar surface area (TPSA) is 17.1 Å². The average Bonchev–Trinajstić information content (AvgIpc) is 1.41.